The van der Waals surface area contributed by atoms with Gasteiger partial charge in [0.2, 0.25) is 0 Å². The maximum absolute atomic E-state index is 12.8. The van der Waals surface area contributed by atoms with Gasteiger partial charge >= 0.3 is 180 Å². The first-order chi connectivity index (χ1) is 14.5. The van der Waals surface area contributed by atoms with Crippen molar-refractivity contribution in [1.82, 2.24) is 9.24 Å². The molecule has 30 heavy (non-hydrogen) atoms. The standard InChI is InChI=1S/C22H28AsN5O2/c1-14-19(26-12-9-16(13-26)23(10-2-11-24)15-3-4-15)8-7-18-20(14)27(17-5-6-17)22(30)28(25)21(18)29/h7-8,15-17H,2-6,9-10,12-13,25H2,1H3. The van der Waals surface area contributed by atoms with Gasteiger partial charge < -0.3 is 0 Å². The summed E-state index contributed by atoms with van der Waals surface area (Å²) in [5.74, 6) is 5.79. The Bertz CT molecular complexity index is 1160. The summed E-state index contributed by atoms with van der Waals surface area (Å²) in [5.41, 5.74) is 2.08. The normalized spacial score (nSPS) is 22.4. The van der Waals surface area contributed by atoms with E-state index in [1.54, 1.807) is 4.57 Å². The van der Waals surface area contributed by atoms with E-state index in [2.05, 4.69) is 11.0 Å². The number of aromatic nitrogens is 2. The average molecular weight is 469 g/mol. The zero-order valence-electron chi connectivity index (χ0n) is 17.4. The SMILES string of the molecule is Cc1c(N2CCC([As](CCC#N)C3CC3)C2)ccc2c(=O)n(N)c(=O)n(C3CC3)c12. The predicted molar refractivity (Wildman–Crippen MR) is 120 cm³/mol. The van der Waals surface area contributed by atoms with Crippen LogP contribution < -0.4 is 22.0 Å². The number of rotatable bonds is 6. The number of nitrogens with two attached hydrogens (primary N) is 1. The molecule has 1 aromatic carbocycles. The number of nitriles is 1. The second-order valence-corrected chi connectivity index (χ2v) is 15.1. The quantitative estimate of drug-likeness (QED) is 0.518. The third kappa shape index (κ3) is 3.26. The van der Waals surface area contributed by atoms with Crippen LogP contribution in [0.15, 0.2) is 21.7 Å². The van der Waals surface area contributed by atoms with E-state index in [1.807, 2.05) is 19.1 Å². The van der Waals surface area contributed by atoms with Crippen molar-refractivity contribution in [2.45, 2.75) is 66.1 Å². The molecule has 2 aliphatic carbocycles. The van der Waals surface area contributed by atoms with Crippen molar-refractivity contribution in [3.8, 4) is 6.07 Å². The first kappa shape index (κ1) is 19.8. The van der Waals surface area contributed by atoms with E-state index in [9.17, 15) is 9.59 Å². The Morgan fingerprint density at radius 3 is 2.60 bits per heavy atom. The van der Waals surface area contributed by atoms with Crippen LogP contribution in [0, 0.1) is 18.3 Å². The van der Waals surface area contributed by atoms with Gasteiger partial charge in [0.25, 0.3) is 0 Å². The minimum absolute atomic E-state index is 0.147. The molecule has 3 aliphatic rings. The van der Waals surface area contributed by atoms with Crippen LogP contribution in [0.5, 0.6) is 0 Å². The molecule has 158 valence electrons. The van der Waals surface area contributed by atoms with Gasteiger partial charge in [-0.15, -0.1) is 0 Å². The van der Waals surface area contributed by atoms with Gasteiger partial charge in [-0.2, -0.15) is 0 Å². The van der Waals surface area contributed by atoms with Crippen molar-refractivity contribution in [1.29, 1.82) is 5.26 Å². The van der Waals surface area contributed by atoms with Crippen LogP contribution in [0.25, 0.3) is 10.9 Å². The van der Waals surface area contributed by atoms with Gasteiger partial charge in [-0.3, -0.25) is 0 Å². The molecule has 0 amide bonds. The molecule has 1 aromatic heterocycles. The summed E-state index contributed by atoms with van der Waals surface area (Å²) in [5, 5.41) is 10.7. The zero-order valence-corrected chi connectivity index (χ0v) is 19.3. The molecule has 7 nitrogen and oxygen atoms in total. The summed E-state index contributed by atoms with van der Waals surface area (Å²) >= 11 is -1.000. The molecule has 5 rings (SSSR count). The van der Waals surface area contributed by atoms with Gasteiger partial charge in [-0.05, 0) is 0 Å². The van der Waals surface area contributed by atoms with Gasteiger partial charge in [-0.25, -0.2) is 0 Å². The molecule has 2 heterocycles. The Labute approximate surface area is 180 Å². The number of nitrogen functional groups attached to an aromatic ring is 1. The summed E-state index contributed by atoms with van der Waals surface area (Å²) in [6, 6.07) is 6.39. The Morgan fingerprint density at radius 1 is 1.17 bits per heavy atom. The number of nitrogens with zero attached hydrogens (tertiary/aromatic N) is 4. The topological polar surface area (TPSA) is 97.1 Å². The Balaban J connectivity index is 1.51. The van der Waals surface area contributed by atoms with E-state index in [-0.39, 0.29) is 6.04 Å². The summed E-state index contributed by atoms with van der Waals surface area (Å²) in [6.07, 6.45) is 6.57. The van der Waals surface area contributed by atoms with Crippen molar-refractivity contribution in [3.63, 3.8) is 0 Å². The van der Waals surface area contributed by atoms with E-state index in [4.69, 9.17) is 11.1 Å². The van der Waals surface area contributed by atoms with Crippen molar-refractivity contribution in [3.05, 3.63) is 38.5 Å². The van der Waals surface area contributed by atoms with Crippen LogP contribution in [-0.4, -0.2) is 37.0 Å². The van der Waals surface area contributed by atoms with Crippen LogP contribution >= 0.6 is 0 Å². The number of hydrogen-bond donors (Lipinski definition) is 1. The Kier molecular flexibility index (Phi) is 4.94. The van der Waals surface area contributed by atoms with Gasteiger partial charge in [0.05, 0.1) is 0 Å². The van der Waals surface area contributed by atoms with Crippen molar-refractivity contribution < 1.29 is 0 Å². The third-order valence-corrected chi connectivity index (χ3v) is 14.3. The molecule has 2 atom stereocenters. The fraction of sp³-hybridized carbons (Fsp3) is 0.591. The molecule has 1 aliphatic heterocycles. The number of aryl methyl sites for hydroxylation is 1. The molecule has 2 aromatic rings. The molecular formula is C22H28AsN5O2. The van der Waals surface area contributed by atoms with Crippen LogP contribution in [0.4, 0.5) is 5.69 Å². The Hall–Kier alpha value is -2.19. The van der Waals surface area contributed by atoms with Crippen molar-refractivity contribution in [2.24, 2.45) is 0 Å². The second-order valence-electron chi connectivity index (χ2n) is 8.93. The van der Waals surface area contributed by atoms with Crippen LogP contribution in [0.1, 0.15) is 50.1 Å². The molecule has 1 saturated heterocycles. The average Bonchev–Trinajstić information content (AvgIpc) is 3.67. The van der Waals surface area contributed by atoms with Crippen LogP contribution in [0.2, 0.25) is 14.6 Å². The number of fused-ring (bicyclic) bond motifs is 1. The van der Waals surface area contributed by atoms with Crippen molar-refractivity contribution >= 4 is 31.2 Å². The summed E-state index contributed by atoms with van der Waals surface area (Å²) in [7, 11) is 0. The third-order valence-electron chi connectivity index (χ3n) is 6.89. The molecule has 2 N–H and O–H groups in total. The number of hydrogen-bond acceptors (Lipinski definition) is 5. The molecular weight excluding hydrogens is 441 g/mol. The zero-order chi connectivity index (χ0) is 21.0. The molecule has 2 saturated carbocycles. The molecule has 0 spiro atoms. The van der Waals surface area contributed by atoms with E-state index in [1.165, 1.54) is 19.3 Å². The number of benzene rings is 1. The summed E-state index contributed by atoms with van der Waals surface area (Å²) < 4.78 is 4.21. The van der Waals surface area contributed by atoms with E-state index >= 15 is 0 Å². The van der Waals surface area contributed by atoms with Crippen LogP contribution in [0.3, 0.4) is 0 Å². The van der Waals surface area contributed by atoms with Gasteiger partial charge in [0, 0.05) is 0 Å². The van der Waals surface area contributed by atoms with Crippen LogP contribution in [-0.2, 0) is 0 Å². The Morgan fingerprint density at radius 2 is 1.93 bits per heavy atom. The van der Waals surface area contributed by atoms with E-state index < -0.39 is 25.9 Å². The predicted octanol–water partition coefficient (Wildman–Crippen LogP) is 2.67. The molecule has 8 heteroatoms. The number of anilines is 1. The first-order valence-corrected chi connectivity index (χ1v) is 14.4. The first-order valence-electron chi connectivity index (χ1n) is 10.9. The van der Waals surface area contributed by atoms with E-state index in [0.717, 1.165) is 62.0 Å². The fourth-order valence-corrected chi connectivity index (χ4v) is 12.1. The second kappa shape index (κ2) is 7.50. The maximum atomic E-state index is 12.8. The summed E-state index contributed by atoms with van der Waals surface area (Å²) in [6.45, 7) is 4.11. The summed E-state index contributed by atoms with van der Waals surface area (Å²) in [4.78, 5) is 27.9. The molecule has 0 radical (unpaired) electrons. The van der Waals surface area contributed by atoms with Gasteiger partial charge in [0.15, 0.2) is 0 Å². The van der Waals surface area contributed by atoms with Gasteiger partial charge in [-0.1, -0.05) is 0 Å². The van der Waals surface area contributed by atoms with Gasteiger partial charge in [0.1, 0.15) is 0 Å². The van der Waals surface area contributed by atoms with Crippen molar-refractivity contribution in [2.75, 3.05) is 23.8 Å². The molecule has 2 unspecified atom stereocenters. The fourth-order valence-electron chi connectivity index (χ4n) is 5.09. The monoisotopic (exact) mass is 469 g/mol. The molecule has 0 bridgehead atoms. The van der Waals surface area contributed by atoms with E-state index in [0.29, 0.717) is 11.8 Å². The molecule has 3 fully saturated rings. The minimum atomic E-state index is -1.000.